The molecular weight excluding hydrogens is 344 g/mol. The van der Waals surface area contributed by atoms with Crippen LogP contribution >= 0.6 is 23.1 Å². The quantitative estimate of drug-likeness (QED) is 0.771. The minimum Gasteiger partial charge on any atom is -0.365 e. The van der Waals surface area contributed by atoms with Gasteiger partial charge in [0.25, 0.3) is 5.91 Å². The van der Waals surface area contributed by atoms with E-state index >= 15 is 0 Å². The van der Waals surface area contributed by atoms with Crippen LogP contribution in [0.25, 0.3) is 0 Å². The van der Waals surface area contributed by atoms with Gasteiger partial charge in [0.05, 0.1) is 11.3 Å². The Morgan fingerprint density at radius 1 is 1.42 bits per heavy atom. The number of hydrogen-bond donors (Lipinski definition) is 2. The summed E-state index contributed by atoms with van der Waals surface area (Å²) in [6, 6.07) is 0. The van der Waals surface area contributed by atoms with Crippen molar-refractivity contribution in [1.82, 2.24) is 9.55 Å². The molecule has 0 saturated carbocycles. The number of nitrogens with zero attached hydrogens (tertiary/aromatic N) is 2. The molecular formula is C16H20N4O2S2. The smallest absolute Gasteiger partial charge is 0.251 e. The molecule has 0 saturated heterocycles. The third-order valence-corrected chi connectivity index (χ3v) is 6.23. The lowest BCUT2D eigenvalue weighted by atomic mass is 9.95. The Morgan fingerprint density at radius 2 is 2.21 bits per heavy atom. The number of aromatic nitrogens is 2. The average Bonchev–Trinajstić information content (AvgIpc) is 3.16. The fourth-order valence-electron chi connectivity index (χ4n) is 2.88. The topological polar surface area (TPSA) is 90.0 Å². The summed E-state index contributed by atoms with van der Waals surface area (Å²) in [5, 5.41) is 4.28. The molecule has 0 atom stereocenters. The number of nitrogens with two attached hydrogens (primary N) is 1. The first-order valence-corrected chi connectivity index (χ1v) is 9.78. The molecule has 0 aromatic carbocycles. The van der Waals surface area contributed by atoms with Gasteiger partial charge in [0.2, 0.25) is 5.91 Å². The predicted molar refractivity (Wildman–Crippen MR) is 96.7 cm³/mol. The Hall–Kier alpha value is -1.80. The Bertz CT molecular complexity index is 766. The first kappa shape index (κ1) is 17.0. The van der Waals surface area contributed by atoms with E-state index in [-0.39, 0.29) is 11.7 Å². The molecule has 6 nitrogen and oxygen atoms in total. The molecule has 0 unspecified atom stereocenters. The van der Waals surface area contributed by atoms with Crippen molar-refractivity contribution in [1.29, 1.82) is 0 Å². The average molecular weight is 364 g/mol. The van der Waals surface area contributed by atoms with Crippen molar-refractivity contribution in [2.75, 3.05) is 11.1 Å². The second-order valence-corrected chi connectivity index (χ2v) is 7.66. The van der Waals surface area contributed by atoms with E-state index in [0.29, 0.717) is 10.6 Å². The number of hydrogen-bond acceptors (Lipinski definition) is 5. The molecule has 0 aliphatic heterocycles. The number of nitrogens with one attached hydrogen (secondary N) is 1. The summed E-state index contributed by atoms with van der Waals surface area (Å²) in [7, 11) is 0. The summed E-state index contributed by atoms with van der Waals surface area (Å²) in [4.78, 5) is 29.5. The standard InChI is InChI=1S/C16H20N4O2S2/c1-2-20-8-7-18-16(20)23-9-12(21)19-15-13(14(17)22)10-5-3-4-6-11(10)24-15/h7-8H,2-6,9H2,1H3,(H2,17,22)(H,19,21). The van der Waals surface area contributed by atoms with Gasteiger partial charge >= 0.3 is 0 Å². The van der Waals surface area contributed by atoms with Crippen LogP contribution in [0.4, 0.5) is 5.00 Å². The van der Waals surface area contributed by atoms with E-state index in [0.717, 1.165) is 42.9 Å². The van der Waals surface area contributed by atoms with E-state index in [1.165, 1.54) is 28.0 Å². The molecule has 128 valence electrons. The van der Waals surface area contributed by atoms with Crippen LogP contribution in [0.3, 0.4) is 0 Å². The zero-order valence-corrected chi connectivity index (χ0v) is 15.1. The lowest BCUT2D eigenvalue weighted by Gasteiger charge is -2.11. The Balaban J connectivity index is 1.70. The molecule has 0 spiro atoms. The highest BCUT2D eigenvalue weighted by Gasteiger charge is 2.25. The van der Waals surface area contributed by atoms with Crippen molar-refractivity contribution in [3.63, 3.8) is 0 Å². The highest BCUT2D eigenvalue weighted by atomic mass is 32.2. The van der Waals surface area contributed by atoms with Crippen molar-refractivity contribution >= 4 is 39.9 Å². The van der Waals surface area contributed by atoms with E-state index in [2.05, 4.69) is 10.3 Å². The molecule has 0 fully saturated rings. The molecule has 3 N–H and O–H groups in total. The maximum absolute atomic E-state index is 12.3. The Labute approximate surface area is 148 Å². The largest absolute Gasteiger partial charge is 0.365 e. The van der Waals surface area contributed by atoms with Crippen LogP contribution in [-0.2, 0) is 24.2 Å². The molecule has 0 radical (unpaired) electrons. The number of thioether (sulfide) groups is 1. The van der Waals surface area contributed by atoms with E-state index < -0.39 is 5.91 Å². The molecule has 1 aliphatic rings. The Kier molecular flexibility index (Phi) is 5.25. The number of carbonyl (C=O) groups is 2. The van der Waals surface area contributed by atoms with Crippen molar-refractivity contribution < 1.29 is 9.59 Å². The number of thiophene rings is 1. The van der Waals surface area contributed by atoms with Gasteiger partial charge in [-0.3, -0.25) is 9.59 Å². The number of anilines is 1. The van der Waals surface area contributed by atoms with Gasteiger partial charge in [0.15, 0.2) is 5.16 Å². The highest BCUT2D eigenvalue weighted by Crippen LogP contribution is 2.38. The first-order valence-electron chi connectivity index (χ1n) is 7.98. The maximum Gasteiger partial charge on any atom is 0.251 e. The molecule has 2 amide bonds. The maximum atomic E-state index is 12.3. The van der Waals surface area contributed by atoms with Gasteiger partial charge in [-0.05, 0) is 38.2 Å². The molecule has 8 heteroatoms. The number of carbonyl (C=O) groups excluding carboxylic acids is 2. The second-order valence-electron chi connectivity index (χ2n) is 5.61. The van der Waals surface area contributed by atoms with Crippen LogP contribution in [0.15, 0.2) is 17.6 Å². The Morgan fingerprint density at radius 3 is 2.96 bits per heavy atom. The van der Waals surface area contributed by atoms with Crippen molar-refractivity contribution in [3.8, 4) is 0 Å². The summed E-state index contributed by atoms with van der Waals surface area (Å²) in [6.45, 7) is 2.84. The molecule has 3 rings (SSSR count). The summed E-state index contributed by atoms with van der Waals surface area (Å²) < 4.78 is 1.98. The van der Waals surface area contributed by atoms with Gasteiger partial charge < -0.3 is 15.6 Å². The molecule has 2 heterocycles. The summed E-state index contributed by atoms with van der Waals surface area (Å²) in [5.41, 5.74) is 7.08. The fraction of sp³-hybridized carbons (Fsp3) is 0.438. The van der Waals surface area contributed by atoms with E-state index in [4.69, 9.17) is 5.73 Å². The van der Waals surface area contributed by atoms with Crippen LogP contribution in [0.5, 0.6) is 0 Å². The number of imidazole rings is 1. The van der Waals surface area contributed by atoms with Gasteiger partial charge in [-0.25, -0.2) is 4.98 Å². The van der Waals surface area contributed by atoms with Crippen molar-refractivity contribution in [2.45, 2.75) is 44.3 Å². The molecule has 24 heavy (non-hydrogen) atoms. The minimum absolute atomic E-state index is 0.147. The summed E-state index contributed by atoms with van der Waals surface area (Å²) in [5.74, 6) is -0.358. The molecule has 1 aliphatic carbocycles. The van der Waals surface area contributed by atoms with E-state index in [1.54, 1.807) is 6.20 Å². The van der Waals surface area contributed by atoms with Gasteiger partial charge in [0, 0.05) is 23.8 Å². The second kappa shape index (κ2) is 7.40. The summed E-state index contributed by atoms with van der Waals surface area (Å²) >= 11 is 2.87. The SMILES string of the molecule is CCn1ccnc1SCC(=O)Nc1sc2c(c1C(N)=O)CCCC2. The predicted octanol–water partition coefficient (Wildman–Crippen LogP) is 2.67. The number of aryl methyl sites for hydroxylation is 2. The fourth-order valence-corrected chi connectivity index (χ4v) is 5.02. The van der Waals surface area contributed by atoms with Crippen molar-refractivity contribution in [2.24, 2.45) is 5.73 Å². The summed E-state index contributed by atoms with van der Waals surface area (Å²) in [6.07, 6.45) is 7.62. The monoisotopic (exact) mass is 364 g/mol. The van der Waals surface area contributed by atoms with Gasteiger partial charge in [0.1, 0.15) is 5.00 Å². The number of primary amides is 1. The van der Waals surface area contributed by atoms with Crippen molar-refractivity contribution in [3.05, 3.63) is 28.4 Å². The van der Waals surface area contributed by atoms with Gasteiger partial charge in [-0.15, -0.1) is 11.3 Å². The van der Waals surface area contributed by atoms with Crippen LogP contribution in [-0.4, -0.2) is 27.1 Å². The third-order valence-electron chi connectivity index (χ3n) is 4.02. The van der Waals surface area contributed by atoms with Gasteiger partial charge in [-0.2, -0.15) is 0 Å². The molecule has 2 aromatic heterocycles. The van der Waals surface area contributed by atoms with Crippen LogP contribution < -0.4 is 11.1 Å². The molecule has 0 bridgehead atoms. The first-order chi connectivity index (χ1) is 11.6. The van der Waals surface area contributed by atoms with Gasteiger partial charge in [-0.1, -0.05) is 11.8 Å². The lowest BCUT2D eigenvalue weighted by molar-refractivity contribution is -0.113. The van der Waals surface area contributed by atoms with Crippen LogP contribution in [0.2, 0.25) is 0 Å². The normalized spacial score (nSPS) is 13.5. The third kappa shape index (κ3) is 3.49. The number of rotatable bonds is 6. The number of amides is 2. The lowest BCUT2D eigenvalue weighted by Crippen LogP contribution is -2.19. The number of fused-ring (bicyclic) bond motifs is 1. The van der Waals surface area contributed by atoms with Crippen LogP contribution in [0.1, 0.15) is 40.6 Å². The highest BCUT2D eigenvalue weighted by molar-refractivity contribution is 7.99. The van der Waals surface area contributed by atoms with E-state index in [1.807, 2.05) is 17.7 Å². The molecule has 2 aromatic rings. The van der Waals surface area contributed by atoms with Crippen LogP contribution in [0, 0.1) is 0 Å². The van der Waals surface area contributed by atoms with E-state index in [9.17, 15) is 9.59 Å². The zero-order chi connectivity index (χ0) is 17.1. The minimum atomic E-state index is -0.459. The zero-order valence-electron chi connectivity index (χ0n) is 13.5.